The van der Waals surface area contributed by atoms with Gasteiger partial charge in [0.2, 0.25) is 0 Å². The minimum absolute atomic E-state index is 0.0240. The van der Waals surface area contributed by atoms with Crippen LogP contribution in [0.1, 0.15) is 245 Å². The number of hydrogen-bond donors (Lipinski definition) is 1. The van der Waals surface area contributed by atoms with Gasteiger partial charge in [-0.15, -0.1) is 0 Å². The van der Waals surface area contributed by atoms with Crippen LogP contribution in [0.3, 0.4) is 0 Å². The highest BCUT2D eigenvalue weighted by molar-refractivity contribution is 7.47. The van der Waals surface area contributed by atoms with Crippen LogP contribution in [0.4, 0.5) is 0 Å². The van der Waals surface area contributed by atoms with E-state index in [1.54, 1.807) is 0 Å². The van der Waals surface area contributed by atoms with Gasteiger partial charge < -0.3 is 18.9 Å². The van der Waals surface area contributed by atoms with Gasteiger partial charge in [-0.3, -0.25) is 18.6 Å². The Hall–Kier alpha value is -3.85. The topological polar surface area (TPSA) is 108 Å². The average molecular weight is 1130 g/mol. The van der Waals surface area contributed by atoms with Gasteiger partial charge in [0.1, 0.15) is 19.8 Å². The highest BCUT2D eigenvalue weighted by Crippen LogP contribution is 2.43. The van der Waals surface area contributed by atoms with E-state index in [9.17, 15) is 19.0 Å². The number of nitrogens with zero attached hydrogens (tertiary/aromatic N) is 1. The molecular formula is C70H119NO8P+. The van der Waals surface area contributed by atoms with Gasteiger partial charge in [-0.25, -0.2) is 4.57 Å². The first-order valence-electron chi connectivity index (χ1n) is 31.9. The van der Waals surface area contributed by atoms with Crippen molar-refractivity contribution < 1.29 is 42.1 Å². The molecule has 0 heterocycles. The van der Waals surface area contributed by atoms with Crippen LogP contribution in [0.15, 0.2) is 134 Å². The maximum Gasteiger partial charge on any atom is 0.472 e. The molecule has 0 aromatic carbocycles. The molecule has 0 aliphatic heterocycles. The number of likely N-dealkylation sites (N-methyl/N-ethyl adjacent to an activating group) is 1. The van der Waals surface area contributed by atoms with Crippen molar-refractivity contribution in [2.75, 3.05) is 47.5 Å². The predicted molar refractivity (Wildman–Crippen MR) is 344 cm³/mol. The predicted octanol–water partition coefficient (Wildman–Crippen LogP) is 20.5. The standard InChI is InChI=1S/C70H118NO8P/c1-6-8-10-12-14-16-18-20-22-24-26-28-30-31-32-33-34-35-36-37-38-39-41-43-45-47-49-51-53-55-57-59-61-63-70(73)79-68(67-78-80(74,75)77-65-64-71(3,4)5)66-76-69(72)62-60-58-56-54-52-50-48-46-44-42-40-29-27-25-23-21-19-17-15-13-11-9-7-2/h8-11,14-17,20-23,26-29,31-32,34-35,37-38,68H,6-7,12-13,18-19,24-25,30,33,36,39-67H2,1-5H3/p+1/b10-8-,11-9-,16-14-,17-15-,22-20-,23-21-,28-26-,29-27-,32-31-,35-34-,38-37-. The highest BCUT2D eigenvalue weighted by Gasteiger charge is 2.27. The zero-order chi connectivity index (χ0) is 58.4. The van der Waals surface area contributed by atoms with Crippen LogP contribution in [0.25, 0.3) is 0 Å². The monoisotopic (exact) mass is 1130 g/mol. The van der Waals surface area contributed by atoms with E-state index in [1.165, 1.54) is 83.5 Å². The molecular weight excluding hydrogens is 1010 g/mol. The SMILES string of the molecule is CC/C=C\C/C=C\C/C=C\C/C=C\C/C=C\C/C=C\C/C=C\CCCCCCCCCCCCCC(=O)OC(COC(=O)CCCCCCCCCCCC/C=C\C/C=C\C/C=C\C/C=C\CC)COP(=O)(O)OCC[N+](C)(C)C. The summed E-state index contributed by atoms with van der Waals surface area (Å²) in [6.45, 7) is 4.20. The van der Waals surface area contributed by atoms with Crippen LogP contribution in [0.2, 0.25) is 0 Å². The normalized spacial score (nSPS) is 14.1. The van der Waals surface area contributed by atoms with Gasteiger partial charge in [-0.2, -0.15) is 0 Å². The van der Waals surface area contributed by atoms with E-state index < -0.39 is 26.5 Å². The maximum absolute atomic E-state index is 12.9. The highest BCUT2D eigenvalue weighted by atomic mass is 31.2. The van der Waals surface area contributed by atoms with E-state index in [2.05, 4.69) is 148 Å². The molecule has 0 amide bonds. The third-order valence-electron chi connectivity index (χ3n) is 13.2. The second-order valence-electron chi connectivity index (χ2n) is 22.0. The summed E-state index contributed by atoms with van der Waals surface area (Å²) in [5.41, 5.74) is 0. The second kappa shape index (κ2) is 59.8. The number of phosphoric ester groups is 1. The fraction of sp³-hybridized carbons (Fsp3) is 0.657. The molecule has 0 saturated heterocycles. The molecule has 0 rings (SSSR count). The molecule has 0 fully saturated rings. The van der Waals surface area contributed by atoms with E-state index >= 15 is 0 Å². The van der Waals surface area contributed by atoms with Gasteiger partial charge in [0.15, 0.2) is 6.10 Å². The van der Waals surface area contributed by atoms with Crippen LogP contribution < -0.4 is 0 Å². The van der Waals surface area contributed by atoms with Crippen molar-refractivity contribution in [1.29, 1.82) is 0 Å². The Morgan fingerprint density at radius 2 is 0.675 bits per heavy atom. The summed E-state index contributed by atoms with van der Waals surface area (Å²) in [6.07, 6.45) is 86.7. The summed E-state index contributed by atoms with van der Waals surface area (Å²) in [4.78, 5) is 35.8. The lowest BCUT2D eigenvalue weighted by Gasteiger charge is -2.24. The molecule has 0 aliphatic rings. The minimum Gasteiger partial charge on any atom is -0.462 e. The van der Waals surface area contributed by atoms with E-state index in [-0.39, 0.29) is 32.0 Å². The molecule has 9 nitrogen and oxygen atoms in total. The summed E-state index contributed by atoms with van der Waals surface area (Å²) >= 11 is 0. The van der Waals surface area contributed by atoms with E-state index in [4.69, 9.17) is 18.5 Å². The summed E-state index contributed by atoms with van der Waals surface area (Å²) < 4.78 is 34.6. The largest absolute Gasteiger partial charge is 0.472 e. The van der Waals surface area contributed by atoms with Crippen LogP contribution in [0, 0.1) is 0 Å². The smallest absolute Gasteiger partial charge is 0.462 e. The molecule has 0 bridgehead atoms. The van der Waals surface area contributed by atoms with E-state index in [0.717, 1.165) is 128 Å². The Morgan fingerprint density at radius 1 is 0.388 bits per heavy atom. The molecule has 80 heavy (non-hydrogen) atoms. The third kappa shape index (κ3) is 63.3. The zero-order valence-corrected chi connectivity index (χ0v) is 52.7. The zero-order valence-electron chi connectivity index (χ0n) is 51.8. The second-order valence-corrected chi connectivity index (χ2v) is 23.5. The summed E-state index contributed by atoms with van der Waals surface area (Å²) in [7, 11) is 1.46. The Bertz CT molecular complexity index is 1810. The number of allylic oxidation sites excluding steroid dienone is 22. The molecule has 0 saturated carbocycles. The number of phosphoric acid groups is 1. The van der Waals surface area contributed by atoms with Crippen LogP contribution in [-0.4, -0.2) is 74.9 Å². The third-order valence-corrected chi connectivity index (χ3v) is 14.2. The molecule has 0 aromatic heterocycles. The summed E-state index contributed by atoms with van der Waals surface area (Å²) in [6, 6.07) is 0. The molecule has 2 unspecified atom stereocenters. The molecule has 0 radical (unpaired) electrons. The van der Waals surface area contributed by atoms with Crippen LogP contribution in [-0.2, 0) is 32.7 Å². The number of carbonyl (C=O) groups is 2. The minimum atomic E-state index is -4.40. The lowest BCUT2D eigenvalue weighted by atomic mass is 10.0. The van der Waals surface area contributed by atoms with Gasteiger partial charge in [-0.1, -0.05) is 257 Å². The van der Waals surface area contributed by atoms with Crippen molar-refractivity contribution >= 4 is 19.8 Å². The number of ether oxygens (including phenoxy) is 2. The summed E-state index contributed by atoms with van der Waals surface area (Å²) in [5.74, 6) is -0.810. The van der Waals surface area contributed by atoms with Crippen molar-refractivity contribution in [1.82, 2.24) is 0 Å². The Morgan fingerprint density at radius 3 is 1.00 bits per heavy atom. The van der Waals surface area contributed by atoms with E-state index in [0.29, 0.717) is 17.4 Å². The lowest BCUT2D eigenvalue weighted by Crippen LogP contribution is -2.37. The van der Waals surface area contributed by atoms with Crippen LogP contribution in [0.5, 0.6) is 0 Å². The van der Waals surface area contributed by atoms with Gasteiger partial charge in [-0.05, 0) is 109 Å². The van der Waals surface area contributed by atoms with Gasteiger partial charge in [0, 0.05) is 12.8 Å². The number of esters is 2. The molecule has 0 aliphatic carbocycles. The Kier molecular flexibility index (Phi) is 56.9. The van der Waals surface area contributed by atoms with Gasteiger partial charge in [0.05, 0.1) is 27.7 Å². The molecule has 2 atom stereocenters. The first-order valence-corrected chi connectivity index (χ1v) is 33.4. The lowest BCUT2D eigenvalue weighted by molar-refractivity contribution is -0.870. The first kappa shape index (κ1) is 76.1. The quantitative estimate of drug-likeness (QED) is 0.0211. The van der Waals surface area contributed by atoms with Crippen molar-refractivity contribution in [2.45, 2.75) is 251 Å². The van der Waals surface area contributed by atoms with Gasteiger partial charge >= 0.3 is 19.8 Å². The number of carbonyl (C=O) groups excluding carboxylic acids is 2. The number of rotatable bonds is 57. The molecule has 456 valence electrons. The van der Waals surface area contributed by atoms with Crippen LogP contribution >= 0.6 is 7.82 Å². The molecule has 0 aromatic rings. The fourth-order valence-corrected chi connectivity index (χ4v) is 9.08. The van der Waals surface area contributed by atoms with Crippen molar-refractivity contribution in [3.05, 3.63) is 134 Å². The molecule has 10 heteroatoms. The fourth-order valence-electron chi connectivity index (χ4n) is 8.34. The number of unbranched alkanes of at least 4 members (excludes halogenated alkanes) is 21. The van der Waals surface area contributed by atoms with Crippen molar-refractivity contribution in [2.24, 2.45) is 0 Å². The Labute approximate surface area is 491 Å². The maximum atomic E-state index is 12.9. The average Bonchev–Trinajstić information content (AvgIpc) is 3.42. The molecule has 1 N–H and O–H groups in total. The number of hydrogen-bond acceptors (Lipinski definition) is 7. The Balaban J connectivity index is 4.15. The number of quaternary nitrogens is 1. The molecule has 0 spiro atoms. The van der Waals surface area contributed by atoms with Crippen molar-refractivity contribution in [3.63, 3.8) is 0 Å². The summed E-state index contributed by atoms with van der Waals surface area (Å²) in [5, 5.41) is 0. The first-order chi connectivity index (χ1) is 39.0. The van der Waals surface area contributed by atoms with Gasteiger partial charge in [0.25, 0.3) is 0 Å². The van der Waals surface area contributed by atoms with Crippen molar-refractivity contribution in [3.8, 4) is 0 Å². The van der Waals surface area contributed by atoms with E-state index in [1.807, 2.05) is 21.1 Å².